The second-order valence-electron chi connectivity index (χ2n) is 7.40. The first kappa shape index (κ1) is 16.3. The van der Waals surface area contributed by atoms with E-state index in [1.807, 2.05) is 42.7 Å². The van der Waals surface area contributed by atoms with E-state index in [0.717, 1.165) is 25.3 Å². The number of fused-ring (bicyclic) bond motifs is 3. The smallest absolute Gasteiger partial charge is 0.271 e. The van der Waals surface area contributed by atoms with Crippen molar-refractivity contribution >= 4 is 5.91 Å². The van der Waals surface area contributed by atoms with E-state index in [2.05, 4.69) is 49.8 Å². The molecule has 4 heterocycles. The average Bonchev–Trinajstić information content (AvgIpc) is 3.34. The molecule has 5 rings (SSSR count). The van der Waals surface area contributed by atoms with Crippen LogP contribution in [0.25, 0.3) is 0 Å². The Kier molecular flexibility index (Phi) is 4.02. The van der Waals surface area contributed by atoms with Gasteiger partial charge in [0.2, 0.25) is 0 Å². The molecule has 0 aliphatic carbocycles. The summed E-state index contributed by atoms with van der Waals surface area (Å²) in [5, 5.41) is 0. The third-order valence-corrected chi connectivity index (χ3v) is 5.70. The van der Waals surface area contributed by atoms with Crippen LogP contribution in [0.1, 0.15) is 27.7 Å². The number of benzene rings is 1. The number of hydrogen-bond acceptors (Lipinski definition) is 3. The lowest BCUT2D eigenvalue weighted by Crippen LogP contribution is -2.49. The maximum Gasteiger partial charge on any atom is 0.271 e. The predicted molar refractivity (Wildman–Crippen MR) is 103 cm³/mol. The van der Waals surface area contributed by atoms with Crippen molar-refractivity contribution < 1.29 is 4.79 Å². The molecule has 1 amide bonds. The second-order valence-corrected chi connectivity index (χ2v) is 7.40. The van der Waals surface area contributed by atoms with Gasteiger partial charge >= 0.3 is 0 Å². The van der Waals surface area contributed by atoms with Crippen molar-refractivity contribution in [2.24, 2.45) is 0 Å². The van der Waals surface area contributed by atoms with Gasteiger partial charge in [-0.05, 0) is 35.4 Å². The van der Waals surface area contributed by atoms with E-state index in [9.17, 15) is 4.79 Å². The Morgan fingerprint density at radius 3 is 2.41 bits per heavy atom. The van der Waals surface area contributed by atoms with Crippen LogP contribution in [0.4, 0.5) is 0 Å². The fourth-order valence-corrected chi connectivity index (χ4v) is 4.43. The molecule has 27 heavy (non-hydrogen) atoms. The lowest BCUT2D eigenvalue weighted by atomic mass is 10.0. The van der Waals surface area contributed by atoms with E-state index in [1.165, 1.54) is 11.1 Å². The number of amides is 1. The highest BCUT2D eigenvalue weighted by molar-refractivity contribution is 5.94. The van der Waals surface area contributed by atoms with Crippen molar-refractivity contribution in [2.75, 3.05) is 13.1 Å². The number of hydrogen-bond donors (Lipinski definition) is 0. The van der Waals surface area contributed by atoms with Gasteiger partial charge in [0.1, 0.15) is 5.69 Å². The van der Waals surface area contributed by atoms with Gasteiger partial charge in [-0.25, -0.2) is 0 Å². The van der Waals surface area contributed by atoms with Crippen LogP contribution in [0.2, 0.25) is 0 Å². The largest absolute Gasteiger partial charge is 0.337 e. The molecule has 5 heteroatoms. The number of carbonyl (C=O) groups excluding carboxylic acids is 1. The van der Waals surface area contributed by atoms with E-state index in [-0.39, 0.29) is 11.9 Å². The highest BCUT2D eigenvalue weighted by Gasteiger charge is 2.44. The zero-order valence-corrected chi connectivity index (χ0v) is 15.1. The Hall–Kier alpha value is -2.92. The van der Waals surface area contributed by atoms with Crippen LogP contribution in [-0.2, 0) is 13.1 Å². The number of rotatable bonds is 4. The normalized spacial score (nSPS) is 21.9. The Balaban J connectivity index is 1.44. The number of nitrogens with zero attached hydrogens (tertiary/aromatic N) is 4. The molecule has 5 nitrogen and oxygen atoms in total. The molecular formula is C22H22N4O. The molecule has 3 aromatic rings. The van der Waals surface area contributed by atoms with Crippen molar-refractivity contribution in [3.63, 3.8) is 0 Å². The van der Waals surface area contributed by atoms with Crippen LogP contribution in [-0.4, -0.2) is 44.4 Å². The zero-order chi connectivity index (χ0) is 18.2. The lowest BCUT2D eigenvalue weighted by Gasteiger charge is -2.38. The molecule has 0 unspecified atom stereocenters. The Morgan fingerprint density at radius 2 is 1.59 bits per heavy atom. The maximum absolute atomic E-state index is 13.2. The number of aromatic nitrogens is 2. The molecular weight excluding hydrogens is 336 g/mol. The van der Waals surface area contributed by atoms with E-state index < -0.39 is 0 Å². The first-order valence-corrected chi connectivity index (χ1v) is 9.42. The van der Waals surface area contributed by atoms with Crippen LogP contribution in [0.3, 0.4) is 0 Å². The van der Waals surface area contributed by atoms with Crippen molar-refractivity contribution in [3.05, 3.63) is 90.0 Å². The molecule has 2 aromatic heterocycles. The SMILES string of the molecule is O=C1c2cccn2[C@H]2CN(Cc3ccncc3)C[C@@H]2N1Cc1ccccc1. The van der Waals surface area contributed by atoms with Gasteiger partial charge in [0.15, 0.2) is 0 Å². The van der Waals surface area contributed by atoms with Gasteiger partial charge in [-0.1, -0.05) is 30.3 Å². The minimum absolute atomic E-state index is 0.135. The summed E-state index contributed by atoms with van der Waals surface area (Å²) in [5.41, 5.74) is 3.24. The van der Waals surface area contributed by atoms with Crippen molar-refractivity contribution in [1.29, 1.82) is 0 Å². The summed E-state index contributed by atoms with van der Waals surface area (Å²) in [5.74, 6) is 0.135. The summed E-state index contributed by atoms with van der Waals surface area (Å²) < 4.78 is 2.18. The van der Waals surface area contributed by atoms with Gasteiger partial charge < -0.3 is 9.47 Å². The fourth-order valence-electron chi connectivity index (χ4n) is 4.43. The standard InChI is InChI=1S/C22H22N4O/c27-22-19-7-4-12-25(19)20-15-24(13-18-8-10-23-11-9-18)16-21(20)26(22)14-17-5-2-1-3-6-17/h1-12,20-21H,13-16H2/t20-,21-/m0/s1. The zero-order valence-electron chi connectivity index (χ0n) is 15.1. The third kappa shape index (κ3) is 2.94. The van der Waals surface area contributed by atoms with Crippen LogP contribution in [0.15, 0.2) is 73.2 Å². The summed E-state index contributed by atoms with van der Waals surface area (Å²) in [4.78, 5) is 21.8. The van der Waals surface area contributed by atoms with Crippen molar-refractivity contribution in [2.45, 2.75) is 25.2 Å². The van der Waals surface area contributed by atoms with Crippen LogP contribution >= 0.6 is 0 Å². The first-order valence-electron chi connectivity index (χ1n) is 9.42. The fraction of sp³-hybridized carbons (Fsp3) is 0.273. The number of pyridine rings is 1. The van der Waals surface area contributed by atoms with Gasteiger partial charge in [-0.15, -0.1) is 0 Å². The summed E-state index contributed by atoms with van der Waals surface area (Å²) in [6.45, 7) is 3.39. The molecule has 1 saturated heterocycles. The molecule has 136 valence electrons. The molecule has 1 fully saturated rings. The number of carbonyl (C=O) groups is 1. The van der Waals surface area contributed by atoms with Crippen LogP contribution < -0.4 is 0 Å². The molecule has 0 spiro atoms. The Morgan fingerprint density at radius 1 is 0.852 bits per heavy atom. The molecule has 2 aliphatic rings. The van der Waals surface area contributed by atoms with E-state index in [0.29, 0.717) is 12.6 Å². The summed E-state index contributed by atoms with van der Waals surface area (Å²) in [6.07, 6.45) is 5.74. The lowest BCUT2D eigenvalue weighted by molar-refractivity contribution is 0.0556. The molecule has 0 N–H and O–H groups in total. The van der Waals surface area contributed by atoms with Crippen LogP contribution in [0, 0.1) is 0 Å². The van der Waals surface area contributed by atoms with E-state index in [4.69, 9.17) is 0 Å². The van der Waals surface area contributed by atoms with E-state index >= 15 is 0 Å². The molecule has 2 aliphatic heterocycles. The van der Waals surface area contributed by atoms with Gasteiger partial charge in [0, 0.05) is 44.8 Å². The Labute approximate surface area is 158 Å². The summed E-state index contributed by atoms with van der Waals surface area (Å²) in [6, 6.07) is 18.8. The molecule has 0 saturated carbocycles. The summed E-state index contributed by atoms with van der Waals surface area (Å²) >= 11 is 0. The minimum Gasteiger partial charge on any atom is -0.337 e. The van der Waals surface area contributed by atoms with Crippen molar-refractivity contribution in [1.82, 2.24) is 19.4 Å². The highest BCUT2D eigenvalue weighted by Crippen LogP contribution is 2.35. The maximum atomic E-state index is 13.2. The quantitative estimate of drug-likeness (QED) is 0.720. The average molecular weight is 358 g/mol. The summed E-state index contributed by atoms with van der Waals surface area (Å²) in [7, 11) is 0. The van der Waals surface area contributed by atoms with Gasteiger partial charge in [0.05, 0.1) is 12.1 Å². The molecule has 0 radical (unpaired) electrons. The van der Waals surface area contributed by atoms with Crippen molar-refractivity contribution in [3.8, 4) is 0 Å². The van der Waals surface area contributed by atoms with Gasteiger partial charge in [-0.3, -0.25) is 14.7 Å². The van der Waals surface area contributed by atoms with Gasteiger partial charge in [0.25, 0.3) is 5.91 Å². The first-order chi connectivity index (χ1) is 13.3. The van der Waals surface area contributed by atoms with Crippen LogP contribution in [0.5, 0.6) is 0 Å². The molecule has 1 aromatic carbocycles. The topological polar surface area (TPSA) is 41.4 Å². The van der Waals surface area contributed by atoms with Gasteiger partial charge in [-0.2, -0.15) is 0 Å². The highest BCUT2D eigenvalue weighted by atomic mass is 16.2. The second kappa shape index (κ2) is 6.67. The molecule has 0 bridgehead atoms. The van der Waals surface area contributed by atoms with E-state index in [1.54, 1.807) is 0 Å². The predicted octanol–water partition coefficient (Wildman–Crippen LogP) is 2.96. The molecule has 2 atom stereocenters. The monoisotopic (exact) mass is 358 g/mol. The third-order valence-electron chi connectivity index (χ3n) is 5.70. The number of likely N-dealkylation sites (tertiary alicyclic amines) is 1. The Bertz CT molecular complexity index is 937. The minimum atomic E-state index is 0.135.